The summed E-state index contributed by atoms with van der Waals surface area (Å²) in [6.07, 6.45) is 4.67. The topological polar surface area (TPSA) is 162 Å². The lowest BCUT2D eigenvalue weighted by molar-refractivity contribution is -0.150. The van der Waals surface area contributed by atoms with E-state index in [4.69, 9.17) is 11.6 Å². The molecule has 1 amide bonds. The van der Waals surface area contributed by atoms with Gasteiger partial charge in [-0.2, -0.15) is 20.0 Å². The summed E-state index contributed by atoms with van der Waals surface area (Å²) in [6.45, 7) is 4.29. The third-order valence-corrected chi connectivity index (χ3v) is 8.66. The lowest BCUT2D eigenvalue weighted by Gasteiger charge is -2.49. The van der Waals surface area contributed by atoms with Crippen molar-refractivity contribution in [3.05, 3.63) is 34.6 Å². The predicted molar refractivity (Wildman–Crippen MR) is 150 cm³/mol. The summed E-state index contributed by atoms with van der Waals surface area (Å²) in [5.41, 5.74) is 1.31. The Morgan fingerprint density at radius 1 is 1.12 bits per heavy atom. The molecule has 2 aliphatic carbocycles. The number of fused-ring (bicyclic) bond motifs is 1. The van der Waals surface area contributed by atoms with Crippen LogP contribution in [0.5, 0.6) is 0 Å². The van der Waals surface area contributed by atoms with Crippen LogP contribution in [0.3, 0.4) is 0 Å². The van der Waals surface area contributed by atoms with Crippen molar-refractivity contribution in [2.24, 2.45) is 0 Å². The fourth-order valence-electron chi connectivity index (χ4n) is 5.45. The molecule has 2 saturated heterocycles. The van der Waals surface area contributed by atoms with E-state index in [0.717, 1.165) is 31.6 Å². The van der Waals surface area contributed by atoms with E-state index in [1.54, 1.807) is 17.0 Å². The summed E-state index contributed by atoms with van der Waals surface area (Å²) in [5, 5.41) is 40.8. The highest BCUT2D eigenvalue weighted by atomic mass is 35.5. The van der Waals surface area contributed by atoms with Crippen molar-refractivity contribution < 1.29 is 9.90 Å². The number of nitrogens with zero attached hydrogens (tertiary/aromatic N) is 9. The number of piperazine rings is 1. The van der Waals surface area contributed by atoms with Crippen LogP contribution in [0.15, 0.2) is 18.3 Å². The molecule has 0 atom stereocenters. The first-order valence-electron chi connectivity index (χ1n) is 13.8. The molecule has 210 valence electrons. The van der Waals surface area contributed by atoms with Crippen LogP contribution in [0, 0.1) is 22.7 Å². The molecule has 2 aromatic heterocycles. The summed E-state index contributed by atoms with van der Waals surface area (Å²) in [6, 6.07) is 8.37. The fraction of sp³-hybridized carbons (Fsp3) is 0.481. The second kappa shape index (κ2) is 9.73. The molecule has 2 aliphatic heterocycles. The first-order valence-corrected chi connectivity index (χ1v) is 14.2. The van der Waals surface area contributed by atoms with E-state index in [-0.39, 0.29) is 23.6 Å². The molecule has 14 heteroatoms. The number of amides is 1. The highest BCUT2D eigenvalue weighted by Gasteiger charge is 2.52. The third kappa shape index (κ3) is 4.76. The highest BCUT2D eigenvalue weighted by Crippen LogP contribution is 2.39. The Hall–Kier alpha value is -4.17. The largest absolute Gasteiger partial charge is 0.380 e. The number of carbonyl (C=O) groups excluding carboxylic acids is 1. The van der Waals surface area contributed by atoms with Crippen LogP contribution >= 0.6 is 11.6 Å². The number of imidazole rings is 1. The first kappa shape index (κ1) is 25.8. The molecule has 41 heavy (non-hydrogen) atoms. The van der Waals surface area contributed by atoms with E-state index in [1.807, 2.05) is 0 Å². The smallest absolute Gasteiger partial charge is 0.254 e. The van der Waals surface area contributed by atoms with Crippen molar-refractivity contribution in [2.75, 3.05) is 54.8 Å². The monoisotopic (exact) mass is 573 g/mol. The Morgan fingerprint density at radius 2 is 1.88 bits per heavy atom. The second-order valence-electron chi connectivity index (χ2n) is 11.2. The lowest BCUT2D eigenvalue weighted by Crippen LogP contribution is -2.65. The molecule has 3 N–H and O–H groups in total. The molecule has 0 radical (unpaired) electrons. The van der Waals surface area contributed by atoms with Crippen molar-refractivity contribution >= 4 is 46.3 Å². The Morgan fingerprint density at radius 3 is 2.54 bits per heavy atom. The zero-order valence-corrected chi connectivity index (χ0v) is 23.0. The van der Waals surface area contributed by atoms with Crippen molar-refractivity contribution in [3.8, 4) is 12.1 Å². The average Bonchev–Trinajstić information content (AvgIpc) is 3.88. The molecular formula is C27H28ClN11O2. The normalized spacial score (nSPS) is 20.3. The number of aliphatic hydroxyl groups is 1. The van der Waals surface area contributed by atoms with Gasteiger partial charge in [-0.3, -0.25) is 9.69 Å². The van der Waals surface area contributed by atoms with Gasteiger partial charge in [0.15, 0.2) is 17.2 Å². The maximum atomic E-state index is 12.4. The number of nitrogens with one attached hydrogen (secondary N) is 2. The zero-order valence-electron chi connectivity index (χ0n) is 22.2. The highest BCUT2D eigenvalue weighted by molar-refractivity contribution is 6.36. The summed E-state index contributed by atoms with van der Waals surface area (Å²) in [7, 11) is 0. The molecule has 4 heterocycles. The van der Waals surface area contributed by atoms with E-state index in [1.165, 1.54) is 10.7 Å². The summed E-state index contributed by atoms with van der Waals surface area (Å²) in [5.74, 6) is 0.615. The number of hydrogen-bond donors (Lipinski definition) is 3. The van der Waals surface area contributed by atoms with Crippen LogP contribution in [-0.2, 0) is 4.79 Å². The predicted octanol–water partition coefficient (Wildman–Crippen LogP) is 1.70. The van der Waals surface area contributed by atoms with E-state index in [0.29, 0.717) is 72.8 Å². The Balaban J connectivity index is 1.08. The number of anilines is 4. The number of halogens is 1. The van der Waals surface area contributed by atoms with Crippen LogP contribution in [0.1, 0.15) is 36.9 Å². The number of benzene rings is 1. The number of carbonyl (C=O) groups is 1. The molecule has 4 fully saturated rings. The summed E-state index contributed by atoms with van der Waals surface area (Å²) >= 11 is 6.91. The van der Waals surface area contributed by atoms with Gasteiger partial charge in [-0.05, 0) is 37.8 Å². The van der Waals surface area contributed by atoms with Gasteiger partial charge in [0.05, 0.1) is 34.2 Å². The van der Waals surface area contributed by atoms with Crippen LogP contribution in [0.25, 0.3) is 5.65 Å². The standard InChI is InChI=1S/C27H28ClN11O2/c28-22-20(33-26-34-23(32-17-1-2-17)24-31-13-18(12-30)39(24)35-26)9-16(11-29)10-21(22)37-7-5-36(6-8-37)19-14-38(15-19)25(40)27(41)3-4-27/h9-10,13,17,19,41H,1-8,14-15H2,(H2,32,33,34,35). The number of nitriles is 2. The minimum Gasteiger partial charge on any atom is -0.380 e. The first-order chi connectivity index (χ1) is 19.8. The fourth-order valence-corrected chi connectivity index (χ4v) is 5.73. The number of hydrogen-bond acceptors (Lipinski definition) is 11. The molecular weight excluding hydrogens is 546 g/mol. The molecule has 4 aliphatic rings. The van der Waals surface area contributed by atoms with Gasteiger partial charge in [0, 0.05) is 51.4 Å². The summed E-state index contributed by atoms with van der Waals surface area (Å²) in [4.78, 5) is 27.6. The Kier molecular flexibility index (Phi) is 6.12. The van der Waals surface area contributed by atoms with E-state index >= 15 is 0 Å². The average molecular weight is 574 g/mol. The SMILES string of the molecule is N#Cc1cc(Nc2nc(NC3CC3)c3ncc(C#N)n3n2)c(Cl)c(N2CCN(C3CN(C(=O)C4(O)CC4)C3)CC2)c1. The van der Waals surface area contributed by atoms with Gasteiger partial charge in [0.25, 0.3) is 5.91 Å². The maximum Gasteiger partial charge on any atom is 0.254 e. The molecule has 0 spiro atoms. The zero-order chi connectivity index (χ0) is 28.3. The maximum absolute atomic E-state index is 12.4. The van der Waals surface area contributed by atoms with Gasteiger partial charge in [0.1, 0.15) is 11.7 Å². The number of aromatic nitrogens is 4. The van der Waals surface area contributed by atoms with E-state index in [2.05, 4.69) is 47.6 Å². The molecule has 3 aromatic rings. The minimum atomic E-state index is -1.11. The van der Waals surface area contributed by atoms with Crippen molar-refractivity contribution in [1.82, 2.24) is 29.4 Å². The van der Waals surface area contributed by atoms with Crippen LogP contribution in [-0.4, -0.2) is 97.3 Å². The molecule has 2 saturated carbocycles. The van der Waals surface area contributed by atoms with Gasteiger partial charge >= 0.3 is 0 Å². The van der Waals surface area contributed by atoms with Crippen LogP contribution in [0.2, 0.25) is 5.02 Å². The molecule has 0 bridgehead atoms. The van der Waals surface area contributed by atoms with Crippen molar-refractivity contribution in [2.45, 2.75) is 43.4 Å². The quantitative estimate of drug-likeness (QED) is 0.377. The summed E-state index contributed by atoms with van der Waals surface area (Å²) < 4.78 is 1.45. The van der Waals surface area contributed by atoms with Gasteiger partial charge in [-0.15, -0.1) is 5.10 Å². The van der Waals surface area contributed by atoms with Gasteiger partial charge in [-0.25, -0.2) is 4.98 Å². The molecule has 0 unspecified atom stereocenters. The third-order valence-electron chi connectivity index (χ3n) is 8.27. The lowest BCUT2D eigenvalue weighted by atomic mass is 10.0. The van der Waals surface area contributed by atoms with Gasteiger partial charge < -0.3 is 25.5 Å². The second-order valence-corrected chi connectivity index (χ2v) is 11.6. The van der Waals surface area contributed by atoms with E-state index in [9.17, 15) is 20.4 Å². The molecule has 1 aromatic carbocycles. The van der Waals surface area contributed by atoms with Crippen LogP contribution < -0.4 is 15.5 Å². The van der Waals surface area contributed by atoms with Crippen molar-refractivity contribution in [1.29, 1.82) is 10.5 Å². The van der Waals surface area contributed by atoms with Gasteiger partial charge in [-0.1, -0.05) is 11.6 Å². The van der Waals surface area contributed by atoms with Crippen LogP contribution in [0.4, 0.5) is 23.1 Å². The Bertz CT molecular complexity index is 1620. The minimum absolute atomic E-state index is 0.136. The number of rotatable bonds is 7. The number of likely N-dealkylation sites (tertiary alicyclic amines) is 1. The van der Waals surface area contributed by atoms with Crippen molar-refractivity contribution in [3.63, 3.8) is 0 Å². The Labute approximate surface area is 240 Å². The molecule has 7 rings (SSSR count). The molecule has 13 nitrogen and oxygen atoms in total. The van der Waals surface area contributed by atoms with E-state index < -0.39 is 5.60 Å². The van der Waals surface area contributed by atoms with Gasteiger partial charge in [0.2, 0.25) is 5.95 Å².